The summed E-state index contributed by atoms with van der Waals surface area (Å²) in [6.45, 7) is 7.16. The van der Waals surface area contributed by atoms with Crippen LogP contribution in [0.2, 0.25) is 0 Å². The molecule has 0 radical (unpaired) electrons. The zero-order chi connectivity index (χ0) is 19.7. The quantitative estimate of drug-likeness (QED) is 0.708. The fourth-order valence-electron chi connectivity index (χ4n) is 5.32. The van der Waals surface area contributed by atoms with E-state index < -0.39 is 0 Å². The maximum Gasteiger partial charge on any atom is 0.317 e. The molecule has 158 valence electrons. The molecule has 2 saturated carbocycles. The van der Waals surface area contributed by atoms with Crippen molar-refractivity contribution in [1.82, 2.24) is 15.1 Å². The number of amides is 3. The maximum absolute atomic E-state index is 13.1. The van der Waals surface area contributed by atoms with E-state index in [4.69, 9.17) is 4.74 Å². The second-order valence-corrected chi connectivity index (χ2v) is 9.83. The van der Waals surface area contributed by atoms with Gasteiger partial charge in [-0.05, 0) is 50.4 Å². The highest BCUT2D eigenvalue weighted by atomic mass is 16.5. The van der Waals surface area contributed by atoms with Crippen LogP contribution in [0.1, 0.15) is 71.6 Å². The van der Waals surface area contributed by atoms with Gasteiger partial charge in [-0.15, -0.1) is 0 Å². The molecule has 1 N–H and O–H groups in total. The van der Waals surface area contributed by atoms with Crippen molar-refractivity contribution in [2.75, 3.05) is 26.2 Å². The van der Waals surface area contributed by atoms with E-state index in [9.17, 15) is 9.59 Å². The van der Waals surface area contributed by atoms with Crippen LogP contribution in [0.4, 0.5) is 4.79 Å². The van der Waals surface area contributed by atoms with Crippen LogP contribution in [-0.4, -0.2) is 65.7 Å². The molecule has 4 aliphatic rings. The molecule has 1 spiro atoms. The number of nitrogens with zero attached hydrogens (tertiary/aromatic N) is 2. The molecule has 2 aliphatic heterocycles. The largest absolute Gasteiger partial charge is 0.366 e. The standard InChI is InChI=1S/C22H37N3O3/c1-16(2)14-23-21(27)24-12-8-18(9-13-24)25-20(26)19(28-15-17-6-7-17)22(25)10-4-3-5-11-22/h16-19H,3-15H2,1-2H3,(H,23,27). The number of likely N-dealkylation sites (tertiary alicyclic amines) is 2. The predicted octanol–water partition coefficient (Wildman–Crippen LogP) is 3.16. The molecule has 4 rings (SSSR count). The van der Waals surface area contributed by atoms with Crippen LogP contribution >= 0.6 is 0 Å². The molecule has 2 saturated heterocycles. The van der Waals surface area contributed by atoms with Crippen molar-refractivity contribution in [3.63, 3.8) is 0 Å². The lowest BCUT2D eigenvalue weighted by atomic mass is 9.68. The normalized spacial score (nSPS) is 28.0. The van der Waals surface area contributed by atoms with E-state index in [0.717, 1.165) is 45.4 Å². The van der Waals surface area contributed by atoms with Gasteiger partial charge >= 0.3 is 6.03 Å². The molecule has 1 unspecified atom stereocenters. The Balaban J connectivity index is 1.35. The molecule has 2 aliphatic carbocycles. The van der Waals surface area contributed by atoms with E-state index in [2.05, 4.69) is 24.1 Å². The van der Waals surface area contributed by atoms with Gasteiger partial charge in [0.2, 0.25) is 0 Å². The smallest absolute Gasteiger partial charge is 0.317 e. The van der Waals surface area contributed by atoms with Crippen LogP contribution in [0.5, 0.6) is 0 Å². The maximum atomic E-state index is 13.1. The molecule has 28 heavy (non-hydrogen) atoms. The molecule has 0 aromatic carbocycles. The van der Waals surface area contributed by atoms with Crippen molar-refractivity contribution in [2.45, 2.75) is 89.3 Å². The number of carbonyl (C=O) groups excluding carboxylic acids is 2. The molecule has 3 amide bonds. The number of carbonyl (C=O) groups is 2. The number of piperidine rings is 1. The average Bonchev–Trinajstić information content (AvgIpc) is 3.52. The predicted molar refractivity (Wildman–Crippen MR) is 108 cm³/mol. The van der Waals surface area contributed by atoms with Crippen molar-refractivity contribution in [2.24, 2.45) is 11.8 Å². The summed E-state index contributed by atoms with van der Waals surface area (Å²) >= 11 is 0. The number of rotatable bonds is 6. The Morgan fingerprint density at radius 2 is 1.82 bits per heavy atom. The van der Waals surface area contributed by atoms with Crippen LogP contribution in [0, 0.1) is 11.8 Å². The van der Waals surface area contributed by atoms with Crippen LogP contribution in [0.3, 0.4) is 0 Å². The highest BCUT2D eigenvalue weighted by molar-refractivity contribution is 5.91. The van der Waals surface area contributed by atoms with Crippen molar-refractivity contribution in [1.29, 1.82) is 0 Å². The molecular formula is C22H37N3O3. The highest BCUT2D eigenvalue weighted by Crippen LogP contribution is 2.48. The van der Waals surface area contributed by atoms with Gasteiger partial charge in [0.05, 0.1) is 12.1 Å². The van der Waals surface area contributed by atoms with Gasteiger partial charge in [-0.2, -0.15) is 0 Å². The van der Waals surface area contributed by atoms with E-state index >= 15 is 0 Å². The summed E-state index contributed by atoms with van der Waals surface area (Å²) < 4.78 is 6.18. The SMILES string of the molecule is CC(C)CNC(=O)N1CCC(N2C(=O)C(OCC3CC3)C23CCCCC3)CC1. The Morgan fingerprint density at radius 1 is 1.14 bits per heavy atom. The van der Waals surface area contributed by atoms with Crippen LogP contribution < -0.4 is 5.32 Å². The second-order valence-electron chi connectivity index (χ2n) is 9.83. The topological polar surface area (TPSA) is 61.9 Å². The lowest BCUT2D eigenvalue weighted by molar-refractivity contribution is -0.211. The lowest BCUT2D eigenvalue weighted by Crippen LogP contribution is -2.78. The third kappa shape index (κ3) is 3.89. The molecule has 1 atom stereocenters. The van der Waals surface area contributed by atoms with E-state index in [1.54, 1.807) is 0 Å². The summed E-state index contributed by atoms with van der Waals surface area (Å²) in [5, 5.41) is 3.02. The molecule has 0 aromatic heterocycles. The van der Waals surface area contributed by atoms with Crippen molar-refractivity contribution < 1.29 is 14.3 Å². The molecule has 4 fully saturated rings. The van der Waals surface area contributed by atoms with Gasteiger partial charge in [0.25, 0.3) is 5.91 Å². The number of urea groups is 1. The minimum absolute atomic E-state index is 0.0418. The summed E-state index contributed by atoms with van der Waals surface area (Å²) in [7, 11) is 0. The number of ether oxygens (including phenoxy) is 1. The van der Waals surface area contributed by atoms with Gasteiger partial charge in [0.15, 0.2) is 6.10 Å². The number of hydrogen-bond acceptors (Lipinski definition) is 3. The fourth-order valence-corrected chi connectivity index (χ4v) is 5.32. The first-order chi connectivity index (χ1) is 13.5. The third-order valence-corrected chi connectivity index (χ3v) is 7.12. The average molecular weight is 392 g/mol. The minimum atomic E-state index is -0.208. The summed E-state index contributed by atoms with van der Waals surface area (Å²) in [4.78, 5) is 29.5. The first-order valence-electron chi connectivity index (χ1n) is 11.5. The van der Waals surface area contributed by atoms with E-state index in [1.165, 1.54) is 32.1 Å². The van der Waals surface area contributed by atoms with Gasteiger partial charge in [-0.3, -0.25) is 4.79 Å². The zero-order valence-corrected chi connectivity index (χ0v) is 17.6. The van der Waals surface area contributed by atoms with Crippen LogP contribution in [0.15, 0.2) is 0 Å². The molecule has 0 aromatic rings. The van der Waals surface area contributed by atoms with E-state index in [1.807, 2.05) is 4.90 Å². The second kappa shape index (κ2) is 8.21. The van der Waals surface area contributed by atoms with Crippen molar-refractivity contribution in [3.05, 3.63) is 0 Å². The summed E-state index contributed by atoms with van der Waals surface area (Å²) in [6, 6.07) is 0.306. The van der Waals surface area contributed by atoms with E-state index in [0.29, 0.717) is 18.4 Å². The van der Waals surface area contributed by atoms with Crippen LogP contribution in [-0.2, 0) is 9.53 Å². The number of β-lactam (4-membered cyclic amide) rings is 1. The Bertz CT molecular complexity index is 576. The number of hydrogen-bond donors (Lipinski definition) is 1. The summed E-state index contributed by atoms with van der Waals surface area (Å²) in [6.07, 6.45) is 9.92. The first-order valence-corrected chi connectivity index (χ1v) is 11.5. The van der Waals surface area contributed by atoms with Gasteiger partial charge in [-0.25, -0.2) is 4.79 Å². The monoisotopic (exact) mass is 391 g/mol. The molecule has 6 nitrogen and oxygen atoms in total. The Hall–Kier alpha value is -1.30. The van der Waals surface area contributed by atoms with Gasteiger partial charge in [0, 0.05) is 25.7 Å². The minimum Gasteiger partial charge on any atom is -0.366 e. The highest BCUT2D eigenvalue weighted by Gasteiger charge is 2.62. The van der Waals surface area contributed by atoms with Gasteiger partial charge < -0.3 is 19.9 Å². The molecule has 0 bridgehead atoms. The Kier molecular flexibility index (Phi) is 5.86. The Labute approximate surface area is 169 Å². The summed E-state index contributed by atoms with van der Waals surface area (Å²) in [5.74, 6) is 1.36. The molecular weight excluding hydrogens is 354 g/mol. The van der Waals surface area contributed by atoms with Gasteiger partial charge in [-0.1, -0.05) is 33.1 Å². The number of nitrogens with one attached hydrogen (secondary N) is 1. The lowest BCUT2D eigenvalue weighted by Gasteiger charge is -2.62. The molecule has 2 heterocycles. The van der Waals surface area contributed by atoms with Crippen LogP contribution in [0.25, 0.3) is 0 Å². The first kappa shape index (κ1) is 20.0. The third-order valence-electron chi connectivity index (χ3n) is 7.12. The van der Waals surface area contributed by atoms with Gasteiger partial charge in [0.1, 0.15) is 0 Å². The zero-order valence-electron chi connectivity index (χ0n) is 17.6. The summed E-state index contributed by atoms with van der Waals surface area (Å²) in [5.41, 5.74) is -0.0586. The van der Waals surface area contributed by atoms with Crippen molar-refractivity contribution >= 4 is 11.9 Å². The van der Waals surface area contributed by atoms with E-state index in [-0.39, 0.29) is 29.6 Å². The fraction of sp³-hybridized carbons (Fsp3) is 0.909. The van der Waals surface area contributed by atoms with Crippen molar-refractivity contribution in [3.8, 4) is 0 Å². The molecule has 6 heteroatoms. The Morgan fingerprint density at radius 3 is 2.43 bits per heavy atom.